The van der Waals surface area contributed by atoms with Gasteiger partial charge in [0.2, 0.25) is 11.8 Å². The van der Waals surface area contributed by atoms with E-state index >= 15 is 0 Å². The van der Waals surface area contributed by atoms with Gasteiger partial charge in [-0.3, -0.25) is 9.59 Å². The Bertz CT molecular complexity index is 811. The molecule has 0 saturated heterocycles. The van der Waals surface area contributed by atoms with Crippen LogP contribution in [0.25, 0.3) is 0 Å². The summed E-state index contributed by atoms with van der Waals surface area (Å²) >= 11 is 7.40. The minimum absolute atomic E-state index is 0.0195. The van der Waals surface area contributed by atoms with E-state index in [0.717, 1.165) is 10.5 Å². The van der Waals surface area contributed by atoms with Gasteiger partial charge in [-0.25, -0.2) is 0 Å². The van der Waals surface area contributed by atoms with Crippen LogP contribution in [0.5, 0.6) is 0 Å². The van der Waals surface area contributed by atoms with E-state index in [1.165, 1.54) is 11.8 Å². The smallest absolute Gasteiger partial charge is 0.238 e. The third kappa shape index (κ3) is 4.40. The molecule has 2 aromatic carbocycles. The number of carbonyl (C=O) groups excluding carboxylic acids is 2. The summed E-state index contributed by atoms with van der Waals surface area (Å²) in [7, 11) is 0. The lowest BCUT2D eigenvalue weighted by atomic mass is 10.1. The molecule has 1 atom stereocenters. The summed E-state index contributed by atoms with van der Waals surface area (Å²) in [6, 6.07) is 15.4. The van der Waals surface area contributed by atoms with Crippen LogP contribution >= 0.6 is 23.4 Å². The predicted octanol–water partition coefficient (Wildman–Crippen LogP) is 4.58. The van der Waals surface area contributed by atoms with Gasteiger partial charge in [0.1, 0.15) is 0 Å². The van der Waals surface area contributed by atoms with Gasteiger partial charge in [-0.1, -0.05) is 41.9 Å². The fourth-order valence-electron chi connectivity index (χ4n) is 2.87. The second-order valence-corrected chi connectivity index (χ2v) is 8.22. The molecule has 0 aromatic heterocycles. The van der Waals surface area contributed by atoms with Crippen LogP contribution in [-0.4, -0.2) is 28.0 Å². The highest BCUT2D eigenvalue weighted by molar-refractivity contribution is 8.01. The summed E-state index contributed by atoms with van der Waals surface area (Å²) in [5.74, 6) is -0.171. The molecular weight excluding hydrogens is 368 g/mol. The lowest BCUT2D eigenvalue weighted by molar-refractivity contribution is -0.134. The molecule has 136 valence electrons. The summed E-state index contributed by atoms with van der Waals surface area (Å²) in [4.78, 5) is 28.0. The van der Waals surface area contributed by atoms with E-state index in [0.29, 0.717) is 17.3 Å². The van der Waals surface area contributed by atoms with Crippen molar-refractivity contribution >= 4 is 40.9 Å². The first-order chi connectivity index (χ1) is 12.4. The van der Waals surface area contributed by atoms with E-state index in [9.17, 15) is 9.59 Å². The molecule has 1 heterocycles. The van der Waals surface area contributed by atoms with E-state index in [1.54, 1.807) is 12.1 Å². The number of nitrogens with one attached hydrogen (secondary N) is 1. The van der Waals surface area contributed by atoms with Crippen molar-refractivity contribution in [3.8, 4) is 0 Å². The Morgan fingerprint density at radius 3 is 2.65 bits per heavy atom. The normalized spacial score (nSPS) is 16.2. The fraction of sp³-hybridized carbons (Fsp3) is 0.300. The second kappa shape index (κ2) is 8.14. The van der Waals surface area contributed by atoms with Crippen LogP contribution in [0.15, 0.2) is 53.4 Å². The Morgan fingerprint density at radius 2 is 1.96 bits per heavy atom. The molecule has 0 fully saturated rings. The second-order valence-electron chi connectivity index (χ2n) is 6.54. The Hall–Kier alpha value is -1.98. The Labute approximate surface area is 162 Å². The number of hydrogen-bond donors (Lipinski definition) is 1. The molecule has 0 unspecified atom stereocenters. The van der Waals surface area contributed by atoms with Gasteiger partial charge in [-0.15, -0.1) is 11.8 Å². The van der Waals surface area contributed by atoms with Crippen LogP contribution in [0.2, 0.25) is 5.02 Å². The first-order valence-electron chi connectivity index (χ1n) is 8.54. The van der Waals surface area contributed by atoms with Crippen LogP contribution in [0.4, 0.5) is 5.69 Å². The summed E-state index contributed by atoms with van der Waals surface area (Å²) in [6.07, 6.45) is 0.170. The average Bonchev–Trinajstić information content (AvgIpc) is 2.61. The zero-order valence-electron chi connectivity index (χ0n) is 14.7. The monoisotopic (exact) mass is 388 g/mol. The van der Waals surface area contributed by atoms with Gasteiger partial charge in [-0.2, -0.15) is 0 Å². The van der Waals surface area contributed by atoms with Crippen LogP contribution in [-0.2, 0) is 16.1 Å². The number of nitrogens with zero attached hydrogens (tertiary/aromatic N) is 1. The lowest BCUT2D eigenvalue weighted by Gasteiger charge is -2.30. The molecule has 0 aliphatic carbocycles. The van der Waals surface area contributed by atoms with Crippen molar-refractivity contribution in [1.29, 1.82) is 0 Å². The molecule has 0 bridgehead atoms. The largest absolute Gasteiger partial charge is 0.336 e. The van der Waals surface area contributed by atoms with Crippen molar-refractivity contribution in [2.45, 2.75) is 43.0 Å². The molecule has 1 aliphatic rings. The van der Waals surface area contributed by atoms with Crippen molar-refractivity contribution < 1.29 is 9.59 Å². The zero-order valence-corrected chi connectivity index (χ0v) is 16.3. The van der Waals surface area contributed by atoms with Crippen molar-refractivity contribution in [3.63, 3.8) is 0 Å². The van der Waals surface area contributed by atoms with Crippen LogP contribution in [0, 0.1) is 0 Å². The Morgan fingerprint density at radius 1 is 1.23 bits per heavy atom. The highest BCUT2D eigenvalue weighted by Crippen LogP contribution is 2.38. The number of fused-ring (bicyclic) bond motifs is 1. The van der Waals surface area contributed by atoms with E-state index < -0.39 is 5.25 Å². The molecule has 4 nitrogen and oxygen atoms in total. The maximum atomic E-state index is 12.9. The van der Waals surface area contributed by atoms with Gasteiger partial charge in [0.05, 0.1) is 10.9 Å². The first kappa shape index (κ1) is 18.8. The van der Waals surface area contributed by atoms with Gasteiger partial charge >= 0.3 is 0 Å². The molecular formula is C20H21ClN2O2S. The zero-order chi connectivity index (χ0) is 18.7. The fourth-order valence-corrected chi connectivity index (χ4v) is 4.13. The Balaban J connectivity index is 1.71. The minimum Gasteiger partial charge on any atom is -0.336 e. The van der Waals surface area contributed by atoms with Crippen LogP contribution < -0.4 is 5.32 Å². The number of halogens is 1. The van der Waals surface area contributed by atoms with Crippen LogP contribution in [0.1, 0.15) is 25.8 Å². The quantitative estimate of drug-likeness (QED) is 0.815. The molecule has 0 saturated carbocycles. The highest BCUT2D eigenvalue weighted by atomic mass is 35.5. The number of benzene rings is 2. The minimum atomic E-state index is -0.437. The molecule has 3 rings (SSSR count). The Kier molecular flexibility index (Phi) is 5.89. The SMILES string of the molecule is CC(C)N(Cc1ccccc1)C(=O)C[C@@H]1Sc2ccc(Cl)cc2NC1=O. The summed E-state index contributed by atoms with van der Waals surface area (Å²) in [5.41, 5.74) is 1.79. The maximum absolute atomic E-state index is 12.9. The van der Waals surface area contributed by atoms with E-state index in [4.69, 9.17) is 11.6 Å². The standard InChI is InChI=1S/C20H21ClN2O2S/c1-13(2)23(12-14-6-4-3-5-7-14)19(24)11-18-20(25)22-16-10-15(21)8-9-17(16)26-18/h3-10,13,18H,11-12H2,1-2H3,(H,22,25)/t18-/m0/s1. The predicted molar refractivity (Wildman–Crippen MR) is 106 cm³/mol. The molecule has 1 N–H and O–H groups in total. The maximum Gasteiger partial charge on any atom is 0.238 e. The summed E-state index contributed by atoms with van der Waals surface area (Å²) < 4.78 is 0. The third-order valence-electron chi connectivity index (χ3n) is 4.26. The number of carbonyl (C=O) groups is 2. The van der Waals surface area contributed by atoms with E-state index in [-0.39, 0.29) is 24.3 Å². The summed E-state index contributed by atoms with van der Waals surface area (Å²) in [5, 5.41) is 3.00. The van der Waals surface area contributed by atoms with Crippen molar-refractivity contribution in [2.24, 2.45) is 0 Å². The van der Waals surface area contributed by atoms with E-state index in [2.05, 4.69) is 5.32 Å². The number of thioether (sulfide) groups is 1. The van der Waals surface area contributed by atoms with Crippen LogP contribution in [0.3, 0.4) is 0 Å². The van der Waals surface area contributed by atoms with Gasteiger partial charge in [0.15, 0.2) is 0 Å². The van der Waals surface area contributed by atoms with Crippen molar-refractivity contribution in [3.05, 3.63) is 59.1 Å². The number of amides is 2. The third-order valence-corrected chi connectivity index (χ3v) is 5.77. The molecule has 6 heteroatoms. The first-order valence-corrected chi connectivity index (χ1v) is 9.80. The topological polar surface area (TPSA) is 49.4 Å². The number of hydrogen-bond acceptors (Lipinski definition) is 3. The van der Waals surface area contributed by atoms with Crippen molar-refractivity contribution in [2.75, 3.05) is 5.32 Å². The molecule has 2 amide bonds. The number of anilines is 1. The van der Waals surface area contributed by atoms with E-state index in [1.807, 2.05) is 55.1 Å². The average molecular weight is 389 g/mol. The van der Waals surface area contributed by atoms with Gasteiger partial charge in [0, 0.05) is 28.9 Å². The molecule has 2 aromatic rings. The lowest BCUT2D eigenvalue weighted by Crippen LogP contribution is -2.40. The summed E-state index contributed by atoms with van der Waals surface area (Å²) in [6.45, 7) is 4.53. The van der Waals surface area contributed by atoms with Crippen molar-refractivity contribution in [1.82, 2.24) is 4.90 Å². The van der Waals surface area contributed by atoms with Gasteiger partial charge < -0.3 is 10.2 Å². The van der Waals surface area contributed by atoms with Gasteiger partial charge in [-0.05, 0) is 37.6 Å². The molecule has 26 heavy (non-hydrogen) atoms. The molecule has 0 radical (unpaired) electrons. The number of rotatable bonds is 5. The molecule has 0 spiro atoms. The highest BCUT2D eigenvalue weighted by Gasteiger charge is 2.31. The molecule has 1 aliphatic heterocycles. The van der Waals surface area contributed by atoms with Gasteiger partial charge in [0.25, 0.3) is 0 Å².